The fourth-order valence-corrected chi connectivity index (χ4v) is 3.18. The number of para-hydroxylation sites is 2. The second kappa shape index (κ2) is 6.89. The lowest BCUT2D eigenvalue weighted by molar-refractivity contribution is -0.122. The van der Waals surface area contributed by atoms with Crippen LogP contribution in [0.1, 0.15) is 24.2 Å². The molecule has 0 unspecified atom stereocenters. The molecule has 4 rings (SSSR count). The van der Waals surface area contributed by atoms with Gasteiger partial charge in [-0.05, 0) is 42.7 Å². The number of halogens is 1. The summed E-state index contributed by atoms with van der Waals surface area (Å²) in [6, 6.07) is 16.0. The normalized spacial score (nSPS) is 14.0. The highest BCUT2D eigenvalue weighted by atomic mass is 35.5. The molecule has 1 fully saturated rings. The fourth-order valence-electron chi connectivity index (χ4n) is 3.05. The number of aromatic nitrogens is 2. The van der Waals surface area contributed by atoms with Crippen LogP contribution in [0.15, 0.2) is 48.5 Å². The maximum Gasteiger partial charge on any atom is 0.223 e. The van der Waals surface area contributed by atoms with Crippen LogP contribution in [0.3, 0.4) is 0 Å². The van der Waals surface area contributed by atoms with E-state index in [4.69, 9.17) is 16.6 Å². The molecule has 3 aromatic rings. The first-order chi connectivity index (χ1) is 12.2. The Morgan fingerprint density at radius 1 is 1.16 bits per heavy atom. The third-order valence-electron chi connectivity index (χ3n) is 4.58. The molecule has 1 saturated carbocycles. The van der Waals surface area contributed by atoms with Crippen LogP contribution in [0.25, 0.3) is 11.0 Å². The first-order valence-electron chi connectivity index (χ1n) is 8.67. The average molecular weight is 354 g/mol. The number of nitrogens with zero attached hydrogens (tertiary/aromatic N) is 2. The van der Waals surface area contributed by atoms with Gasteiger partial charge in [0.1, 0.15) is 5.82 Å². The van der Waals surface area contributed by atoms with Gasteiger partial charge in [0.15, 0.2) is 0 Å². The van der Waals surface area contributed by atoms with Gasteiger partial charge in [0, 0.05) is 30.5 Å². The maximum atomic E-state index is 11.8. The number of nitrogens with one attached hydrogen (secondary N) is 1. The smallest absolute Gasteiger partial charge is 0.223 e. The van der Waals surface area contributed by atoms with Gasteiger partial charge in [-0.1, -0.05) is 35.9 Å². The van der Waals surface area contributed by atoms with Gasteiger partial charge in [-0.2, -0.15) is 0 Å². The first kappa shape index (κ1) is 16.2. The summed E-state index contributed by atoms with van der Waals surface area (Å²) in [5, 5.41) is 3.76. The molecule has 1 N–H and O–H groups in total. The van der Waals surface area contributed by atoms with Crippen LogP contribution >= 0.6 is 11.6 Å². The molecule has 0 saturated heterocycles. The van der Waals surface area contributed by atoms with Crippen molar-refractivity contribution in [2.24, 2.45) is 5.92 Å². The lowest BCUT2D eigenvalue weighted by atomic mass is 10.2. The Labute approximate surface area is 151 Å². The molecule has 1 heterocycles. The molecule has 0 spiro atoms. The molecule has 5 heteroatoms. The van der Waals surface area contributed by atoms with Crippen LogP contribution < -0.4 is 5.32 Å². The molecular weight excluding hydrogens is 334 g/mol. The zero-order valence-corrected chi connectivity index (χ0v) is 14.7. The Morgan fingerprint density at radius 3 is 2.68 bits per heavy atom. The van der Waals surface area contributed by atoms with Crippen LogP contribution in [0.2, 0.25) is 5.02 Å². The fraction of sp³-hybridized carbons (Fsp3) is 0.300. The van der Waals surface area contributed by atoms with Crippen LogP contribution in [0, 0.1) is 5.92 Å². The van der Waals surface area contributed by atoms with E-state index in [0.717, 1.165) is 47.7 Å². The number of imidazole rings is 1. The Bertz CT molecular complexity index is 897. The van der Waals surface area contributed by atoms with Crippen molar-refractivity contribution in [3.63, 3.8) is 0 Å². The summed E-state index contributed by atoms with van der Waals surface area (Å²) in [7, 11) is 0. The third-order valence-corrected chi connectivity index (χ3v) is 4.84. The Balaban J connectivity index is 1.56. The largest absolute Gasteiger partial charge is 0.355 e. The maximum absolute atomic E-state index is 11.8. The van der Waals surface area contributed by atoms with Crippen LogP contribution in [0.4, 0.5) is 0 Å². The Hall–Kier alpha value is -2.33. The number of amides is 1. The van der Waals surface area contributed by atoms with Gasteiger partial charge >= 0.3 is 0 Å². The molecule has 1 aromatic heterocycles. The highest BCUT2D eigenvalue weighted by Gasteiger charge is 2.29. The van der Waals surface area contributed by atoms with E-state index in [2.05, 4.69) is 16.0 Å². The molecular formula is C20H20ClN3O. The molecule has 1 aliphatic rings. The third kappa shape index (κ3) is 3.69. The molecule has 128 valence electrons. The quantitative estimate of drug-likeness (QED) is 0.732. The molecule has 0 aliphatic heterocycles. The van der Waals surface area contributed by atoms with Crippen molar-refractivity contribution in [3.8, 4) is 0 Å². The van der Waals surface area contributed by atoms with Crippen LogP contribution in [-0.2, 0) is 17.8 Å². The summed E-state index contributed by atoms with van der Waals surface area (Å²) in [4.78, 5) is 16.6. The van der Waals surface area contributed by atoms with E-state index in [1.165, 1.54) is 5.56 Å². The van der Waals surface area contributed by atoms with Gasteiger partial charge in [-0.3, -0.25) is 4.79 Å². The second-order valence-electron chi connectivity index (χ2n) is 6.54. The van der Waals surface area contributed by atoms with E-state index in [1.54, 1.807) is 0 Å². The van der Waals surface area contributed by atoms with Crippen molar-refractivity contribution < 1.29 is 4.79 Å². The number of benzene rings is 2. The standard InChI is InChI=1S/C20H20ClN3O/c21-16-9-5-14(6-10-16)13-24-18-4-2-1-3-17(18)23-19(24)11-12-22-20(25)15-7-8-15/h1-6,9-10,15H,7-8,11-13H2,(H,22,25). The molecule has 25 heavy (non-hydrogen) atoms. The van der Waals surface area contributed by atoms with Crippen LogP contribution in [-0.4, -0.2) is 22.0 Å². The minimum Gasteiger partial charge on any atom is -0.355 e. The van der Waals surface area contributed by atoms with Gasteiger partial charge in [0.2, 0.25) is 5.91 Å². The topological polar surface area (TPSA) is 46.9 Å². The predicted molar refractivity (Wildman–Crippen MR) is 99.7 cm³/mol. The highest BCUT2D eigenvalue weighted by molar-refractivity contribution is 6.30. The lowest BCUT2D eigenvalue weighted by Gasteiger charge is -2.10. The molecule has 2 aromatic carbocycles. The number of fused-ring (bicyclic) bond motifs is 1. The summed E-state index contributed by atoms with van der Waals surface area (Å²) in [6.07, 6.45) is 2.78. The van der Waals surface area contributed by atoms with E-state index >= 15 is 0 Å². The van der Waals surface area contributed by atoms with E-state index in [0.29, 0.717) is 6.54 Å². The minimum absolute atomic E-state index is 0.181. The number of hydrogen-bond acceptors (Lipinski definition) is 2. The van der Waals surface area contributed by atoms with Crippen molar-refractivity contribution in [2.45, 2.75) is 25.8 Å². The second-order valence-corrected chi connectivity index (χ2v) is 6.98. The molecule has 0 radical (unpaired) electrons. The van der Waals surface area contributed by atoms with Gasteiger partial charge in [0.05, 0.1) is 11.0 Å². The Morgan fingerprint density at radius 2 is 1.92 bits per heavy atom. The molecule has 0 bridgehead atoms. The molecule has 1 aliphatic carbocycles. The SMILES string of the molecule is O=C(NCCc1nc2ccccc2n1Cc1ccc(Cl)cc1)C1CC1. The van der Waals surface area contributed by atoms with E-state index in [1.807, 2.05) is 42.5 Å². The molecule has 0 atom stereocenters. The number of carbonyl (C=O) groups excluding carboxylic acids is 1. The zero-order valence-electron chi connectivity index (χ0n) is 13.9. The van der Waals surface area contributed by atoms with E-state index in [9.17, 15) is 4.79 Å². The van der Waals surface area contributed by atoms with Crippen molar-refractivity contribution in [1.29, 1.82) is 0 Å². The van der Waals surface area contributed by atoms with Gasteiger partial charge < -0.3 is 9.88 Å². The monoisotopic (exact) mass is 353 g/mol. The summed E-state index contributed by atoms with van der Waals surface area (Å²) in [6.45, 7) is 1.36. The Kier molecular flexibility index (Phi) is 4.45. The zero-order chi connectivity index (χ0) is 17.2. The predicted octanol–water partition coefficient (Wildman–Crippen LogP) is 3.81. The number of hydrogen-bond donors (Lipinski definition) is 1. The van der Waals surface area contributed by atoms with Crippen LogP contribution in [0.5, 0.6) is 0 Å². The van der Waals surface area contributed by atoms with E-state index in [-0.39, 0.29) is 11.8 Å². The molecule has 1 amide bonds. The van der Waals surface area contributed by atoms with Gasteiger partial charge in [-0.15, -0.1) is 0 Å². The van der Waals surface area contributed by atoms with Crippen molar-refractivity contribution in [2.75, 3.05) is 6.54 Å². The van der Waals surface area contributed by atoms with Gasteiger partial charge in [-0.25, -0.2) is 4.98 Å². The van der Waals surface area contributed by atoms with E-state index < -0.39 is 0 Å². The lowest BCUT2D eigenvalue weighted by Crippen LogP contribution is -2.27. The van der Waals surface area contributed by atoms with Crippen molar-refractivity contribution in [3.05, 3.63) is 64.9 Å². The number of rotatable bonds is 6. The average Bonchev–Trinajstić information content (AvgIpc) is 3.41. The summed E-state index contributed by atoms with van der Waals surface area (Å²) in [5.74, 6) is 1.42. The summed E-state index contributed by atoms with van der Waals surface area (Å²) < 4.78 is 2.22. The van der Waals surface area contributed by atoms with Crippen molar-refractivity contribution >= 4 is 28.5 Å². The summed E-state index contributed by atoms with van der Waals surface area (Å²) in [5.41, 5.74) is 3.27. The first-order valence-corrected chi connectivity index (χ1v) is 9.05. The minimum atomic E-state index is 0.181. The number of carbonyl (C=O) groups is 1. The molecule has 4 nitrogen and oxygen atoms in total. The highest BCUT2D eigenvalue weighted by Crippen LogP contribution is 2.28. The van der Waals surface area contributed by atoms with Gasteiger partial charge in [0.25, 0.3) is 0 Å². The summed E-state index contributed by atoms with van der Waals surface area (Å²) >= 11 is 5.99. The van der Waals surface area contributed by atoms with Crippen molar-refractivity contribution in [1.82, 2.24) is 14.9 Å².